The lowest BCUT2D eigenvalue weighted by Gasteiger charge is -2.34. The number of benzene rings is 10. The molecule has 0 N–H and O–H groups in total. The summed E-state index contributed by atoms with van der Waals surface area (Å²) in [5.74, 6) is 1.80. The molecule has 0 atom stereocenters. The van der Waals surface area contributed by atoms with E-state index in [0.29, 0.717) is 17.5 Å². The molecular formula is C63H45N3OSi2. The predicted octanol–water partition coefficient (Wildman–Crippen LogP) is 9.53. The topological polar surface area (TPSA) is 51.8 Å². The highest BCUT2D eigenvalue weighted by Gasteiger charge is 2.43. The van der Waals surface area contributed by atoms with Gasteiger partial charge in [-0.1, -0.05) is 249 Å². The molecule has 0 radical (unpaired) electrons. The van der Waals surface area contributed by atoms with Crippen LogP contribution in [-0.2, 0) is 0 Å². The second-order valence-electron chi connectivity index (χ2n) is 17.5. The first kappa shape index (κ1) is 41.8. The molecule has 0 aliphatic rings. The lowest BCUT2D eigenvalue weighted by atomic mass is 10.1. The standard InChI is InChI=1S/C63H45N3OSi2/c1-7-25-49(26-8-1)68(50-27-9-2-10-28-50,51-29-11-3-12-30-51)55-37-21-23-46(43-55)61-64-62(66-63(65-61)48-41-42-60-58(45-48)57-39-19-20-40-59(57)67-60)47-24-22-38-56(44-47)69(52-31-13-4-14-32-52,53-33-15-5-16-34-53)54-35-17-6-18-36-54/h1-45H. The van der Waals surface area contributed by atoms with Crippen molar-refractivity contribution in [3.8, 4) is 34.2 Å². The zero-order valence-corrected chi connectivity index (χ0v) is 39.7. The summed E-state index contributed by atoms with van der Waals surface area (Å²) in [4.78, 5) is 16.3. The third-order valence-electron chi connectivity index (χ3n) is 13.6. The van der Waals surface area contributed by atoms with Crippen LogP contribution in [0.1, 0.15) is 0 Å². The molecule has 0 saturated heterocycles. The van der Waals surface area contributed by atoms with E-state index in [-0.39, 0.29) is 0 Å². The van der Waals surface area contributed by atoms with Gasteiger partial charge in [-0.2, -0.15) is 0 Å². The molecule has 12 rings (SSSR count). The number of para-hydroxylation sites is 1. The largest absolute Gasteiger partial charge is 0.456 e. The minimum Gasteiger partial charge on any atom is -0.456 e. The van der Waals surface area contributed by atoms with E-state index >= 15 is 0 Å². The van der Waals surface area contributed by atoms with Gasteiger partial charge in [0.2, 0.25) is 0 Å². The maximum absolute atomic E-state index is 6.29. The zero-order valence-electron chi connectivity index (χ0n) is 37.7. The first-order chi connectivity index (χ1) is 34.2. The van der Waals surface area contributed by atoms with Crippen LogP contribution in [-0.4, -0.2) is 31.1 Å². The number of rotatable bonds is 11. The van der Waals surface area contributed by atoms with Crippen LogP contribution in [0.3, 0.4) is 0 Å². The fraction of sp³-hybridized carbons (Fsp3) is 0. The third kappa shape index (κ3) is 7.34. The molecule has 0 aliphatic heterocycles. The van der Waals surface area contributed by atoms with Crippen LogP contribution < -0.4 is 41.5 Å². The van der Waals surface area contributed by atoms with E-state index in [4.69, 9.17) is 19.4 Å². The molecule has 10 aromatic carbocycles. The molecule has 0 spiro atoms. The molecule has 12 aromatic rings. The summed E-state index contributed by atoms with van der Waals surface area (Å²) in [6, 6.07) is 98.5. The molecule has 0 fully saturated rings. The SMILES string of the molecule is c1ccc([Si](c2ccccc2)(c2ccccc2)c2cccc(-c3nc(-c4cccc([Si](c5ccccc5)(c5ccccc5)c5ccccc5)c4)nc(-c4ccc5oc6ccccc6c5c4)n3)c2)cc1. The summed E-state index contributed by atoms with van der Waals surface area (Å²) >= 11 is 0. The van der Waals surface area contributed by atoms with Crippen LogP contribution in [0.15, 0.2) is 277 Å². The van der Waals surface area contributed by atoms with Crippen molar-refractivity contribution >= 4 is 79.6 Å². The Labute approximate surface area is 404 Å². The van der Waals surface area contributed by atoms with Gasteiger partial charge in [-0.25, -0.2) is 15.0 Å². The van der Waals surface area contributed by atoms with Crippen LogP contribution in [0.4, 0.5) is 0 Å². The van der Waals surface area contributed by atoms with Crippen LogP contribution in [0.25, 0.3) is 56.1 Å². The quantitative estimate of drug-likeness (QED) is 0.0960. The van der Waals surface area contributed by atoms with Crippen LogP contribution in [0.5, 0.6) is 0 Å². The van der Waals surface area contributed by atoms with E-state index in [9.17, 15) is 0 Å². The van der Waals surface area contributed by atoms with E-state index in [1.54, 1.807) is 0 Å². The van der Waals surface area contributed by atoms with Gasteiger partial charge in [-0.3, -0.25) is 0 Å². The Bertz CT molecular complexity index is 3340. The summed E-state index contributed by atoms with van der Waals surface area (Å²) < 4.78 is 6.29. The molecule has 326 valence electrons. The normalized spacial score (nSPS) is 11.8. The molecule has 2 heterocycles. The molecule has 4 nitrogen and oxygen atoms in total. The zero-order chi connectivity index (χ0) is 46.0. The molecule has 0 aliphatic carbocycles. The van der Waals surface area contributed by atoms with Gasteiger partial charge in [0, 0.05) is 27.5 Å². The van der Waals surface area contributed by atoms with Gasteiger partial charge < -0.3 is 4.42 Å². The molecule has 0 unspecified atom stereocenters. The van der Waals surface area contributed by atoms with Crippen molar-refractivity contribution < 1.29 is 4.42 Å². The highest BCUT2D eigenvalue weighted by atomic mass is 28.3. The minimum absolute atomic E-state index is 0.591. The van der Waals surface area contributed by atoms with Gasteiger partial charge in [0.05, 0.1) is 0 Å². The van der Waals surface area contributed by atoms with Crippen molar-refractivity contribution in [3.63, 3.8) is 0 Å². The summed E-state index contributed by atoms with van der Waals surface area (Å²) in [7, 11) is -5.74. The van der Waals surface area contributed by atoms with Crippen molar-refractivity contribution in [3.05, 3.63) is 273 Å². The lowest BCUT2D eigenvalue weighted by Crippen LogP contribution is -2.74. The molecular weight excluding hydrogens is 871 g/mol. The van der Waals surface area contributed by atoms with E-state index in [1.807, 2.05) is 18.2 Å². The predicted molar refractivity (Wildman–Crippen MR) is 291 cm³/mol. The highest BCUT2D eigenvalue weighted by molar-refractivity contribution is 7.20. The Balaban J connectivity index is 1.10. The maximum Gasteiger partial charge on any atom is 0.179 e. The van der Waals surface area contributed by atoms with Gasteiger partial charge in [-0.05, 0) is 65.8 Å². The van der Waals surface area contributed by atoms with Crippen molar-refractivity contribution in [1.29, 1.82) is 0 Å². The number of hydrogen-bond donors (Lipinski definition) is 0. The lowest BCUT2D eigenvalue weighted by molar-refractivity contribution is 0.669. The third-order valence-corrected chi connectivity index (χ3v) is 23.2. The molecule has 6 heteroatoms. The fourth-order valence-corrected chi connectivity index (χ4v) is 20.1. The molecule has 69 heavy (non-hydrogen) atoms. The Morgan fingerprint density at radius 1 is 0.232 bits per heavy atom. The number of fused-ring (bicyclic) bond motifs is 3. The summed E-state index contributed by atoms with van der Waals surface area (Å²) in [6.45, 7) is 0. The fourth-order valence-electron chi connectivity index (χ4n) is 10.5. The Kier molecular flexibility index (Phi) is 10.9. The van der Waals surface area contributed by atoms with E-state index < -0.39 is 16.1 Å². The summed E-state index contributed by atoms with van der Waals surface area (Å²) in [5, 5.41) is 12.4. The second kappa shape index (κ2) is 17.9. The molecule has 0 amide bonds. The first-order valence-electron chi connectivity index (χ1n) is 23.4. The number of aromatic nitrogens is 3. The van der Waals surface area contributed by atoms with Crippen molar-refractivity contribution in [2.24, 2.45) is 0 Å². The minimum atomic E-state index is -2.87. The van der Waals surface area contributed by atoms with Crippen molar-refractivity contribution in [1.82, 2.24) is 15.0 Å². The number of furan rings is 1. The van der Waals surface area contributed by atoms with Gasteiger partial charge in [-0.15, -0.1) is 0 Å². The second-order valence-corrected chi connectivity index (χ2v) is 25.1. The van der Waals surface area contributed by atoms with Crippen LogP contribution >= 0.6 is 0 Å². The number of nitrogens with zero attached hydrogens (tertiary/aromatic N) is 3. The van der Waals surface area contributed by atoms with E-state index in [2.05, 4.69) is 255 Å². The van der Waals surface area contributed by atoms with Gasteiger partial charge >= 0.3 is 0 Å². The van der Waals surface area contributed by atoms with Gasteiger partial charge in [0.1, 0.15) is 11.2 Å². The Morgan fingerprint density at radius 3 is 0.913 bits per heavy atom. The van der Waals surface area contributed by atoms with Crippen molar-refractivity contribution in [2.45, 2.75) is 0 Å². The monoisotopic (exact) mass is 915 g/mol. The maximum atomic E-state index is 6.29. The first-order valence-corrected chi connectivity index (χ1v) is 27.4. The Hall–Kier alpha value is -8.56. The average molecular weight is 916 g/mol. The van der Waals surface area contributed by atoms with Crippen molar-refractivity contribution in [2.75, 3.05) is 0 Å². The summed E-state index contributed by atoms with van der Waals surface area (Å²) in [5.41, 5.74) is 4.40. The van der Waals surface area contributed by atoms with Crippen LogP contribution in [0.2, 0.25) is 0 Å². The van der Waals surface area contributed by atoms with E-state index in [1.165, 1.54) is 41.5 Å². The van der Waals surface area contributed by atoms with Gasteiger partial charge in [0.25, 0.3) is 0 Å². The van der Waals surface area contributed by atoms with Gasteiger partial charge in [0.15, 0.2) is 33.6 Å². The smallest absolute Gasteiger partial charge is 0.179 e. The molecule has 2 aromatic heterocycles. The average Bonchev–Trinajstić information content (AvgIpc) is 3.81. The van der Waals surface area contributed by atoms with E-state index in [0.717, 1.165) is 38.6 Å². The van der Waals surface area contributed by atoms with Crippen LogP contribution in [0, 0.1) is 0 Å². The molecule has 0 bridgehead atoms. The highest BCUT2D eigenvalue weighted by Crippen LogP contribution is 2.33. The molecule has 0 saturated carbocycles. The summed E-state index contributed by atoms with van der Waals surface area (Å²) in [6.07, 6.45) is 0. The Morgan fingerprint density at radius 2 is 0.536 bits per heavy atom. The number of hydrogen-bond acceptors (Lipinski definition) is 4.